The minimum atomic E-state index is 0.445. The van der Waals surface area contributed by atoms with Gasteiger partial charge in [-0.1, -0.05) is 157 Å². The van der Waals surface area contributed by atoms with Crippen LogP contribution in [0.2, 0.25) is 0 Å². The quantitative estimate of drug-likeness (QED) is 0.169. The first-order chi connectivity index (χ1) is 26.0. The molecule has 0 spiro atoms. The molecular formula is C51H57NS. The second kappa shape index (κ2) is 20.9. The molecule has 6 aromatic rings. The molecule has 2 heteroatoms. The van der Waals surface area contributed by atoms with Gasteiger partial charge in [-0.05, 0) is 126 Å². The Labute approximate surface area is 325 Å². The van der Waals surface area contributed by atoms with E-state index in [2.05, 4.69) is 190 Å². The van der Waals surface area contributed by atoms with Crippen molar-refractivity contribution in [1.29, 1.82) is 0 Å². The van der Waals surface area contributed by atoms with Gasteiger partial charge in [0.15, 0.2) is 0 Å². The molecule has 0 radical (unpaired) electrons. The zero-order valence-electron chi connectivity index (χ0n) is 33.2. The minimum absolute atomic E-state index is 0.445. The molecule has 1 aliphatic rings. The Hall–Kier alpha value is -5.05. The molecule has 0 aliphatic carbocycles. The second-order valence-corrected chi connectivity index (χ2v) is 13.7. The zero-order chi connectivity index (χ0) is 38.2. The van der Waals surface area contributed by atoms with Gasteiger partial charge < -0.3 is 4.90 Å². The summed E-state index contributed by atoms with van der Waals surface area (Å²) in [7, 11) is 0. The molecule has 1 atom stereocenters. The van der Waals surface area contributed by atoms with Gasteiger partial charge in [-0.2, -0.15) is 0 Å². The Morgan fingerprint density at radius 2 is 1.08 bits per heavy atom. The Bertz CT molecular complexity index is 2000. The van der Waals surface area contributed by atoms with Gasteiger partial charge in [-0.25, -0.2) is 0 Å². The van der Waals surface area contributed by atoms with Gasteiger partial charge in [-0.3, -0.25) is 0 Å². The highest BCUT2D eigenvalue weighted by Gasteiger charge is 2.18. The van der Waals surface area contributed by atoms with Gasteiger partial charge in [0.25, 0.3) is 0 Å². The molecular weight excluding hydrogens is 659 g/mol. The van der Waals surface area contributed by atoms with E-state index in [0.717, 1.165) is 17.8 Å². The lowest BCUT2D eigenvalue weighted by Gasteiger charge is -2.29. The molecule has 0 saturated heterocycles. The molecule has 0 amide bonds. The Morgan fingerprint density at radius 1 is 0.509 bits per heavy atom. The zero-order valence-corrected chi connectivity index (χ0v) is 34.0. The smallest absolute Gasteiger partial charge is 0.0493 e. The van der Waals surface area contributed by atoms with Gasteiger partial charge in [0.2, 0.25) is 0 Å². The van der Waals surface area contributed by atoms with E-state index in [0.29, 0.717) is 5.25 Å². The van der Waals surface area contributed by atoms with E-state index in [9.17, 15) is 0 Å². The maximum Gasteiger partial charge on any atom is 0.0493 e. The molecule has 0 N–H and O–H groups in total. The van der Waals surface area contributed by atoms with Crippen LogP contribution in [-0.2, 0) is 6.42 Å². The summed E-state index contributed by atoms with van der Waals surface area (Å²) in [5, 5.41) is 0.445. The first-order valence-electron chi connectivity index (χ1n) is 19.4. The van der Waals surface area contributed by atoms with E-state index < -0.39 is 0 Å². The van der Waals surface area contributed by atoms with E-state index in [-0.39, 0.29) is 0 Å². The summed E-state index contributed by atoms with van der Waals surface area (Å²) in [5.74, 6) is 0. The number of nitrogens with zero attached hydrogens (tertiary/aromatic N) is 1. The topological polar surface area (TPSA) is 3.24 Å². The van der Waals surface area contributed by atoms with Gasteiger partial charge >= 0.3 is 0 Å². The number of hydrogen-bond acceptors (Lipinski definition) is 2. The van der Waals surface area contributed by atoms with Crippen LogP contribution in [0.1, 0.15) is 65.2 Å². The molecule has 272 valence electrons. The molecule has 0 bridgehead atoms. The van der Waals surface area contributed by atoms with Crippen molar-refractivity contribution in [2.24, 2.45) is 0 Å². The summed E-state index contributed by atoms with van der Waals surface area (Å²) in [6.45, 7) is 18.7. The molecule has 53 heavy (non-hydrogen) atoms. The van der Waals surface area contributed by atoms with Crippen LogP contribution in [0.25, 0.3) is 33.4 Å². The van der Waals surface area contributed by atoms with Crippen LogP contribution in [0.3, 0.4) is 0 Å². The van der Waals surface area contributed by atoms with Crippen LogP contribution in [0.15, 0.2) is 169 Å². The molecule has 1 nitrogen and oxygen atoms in total. The molecule has 1 aliphatic heterocycles. The maximum atomic E-state index is 2.42. The van der Waals surface area contributed by atoms with Crippen LogP contribution in [0, 0.1) is 13.8 Å². The van der Waals surface area contributed by atoms with Crippen molar-refractivity contribution < 1.29 is 0 Å². The van der Waals surface area contributed by atoms with E-state index in [1.807, 2.05) is 53.3 Å². The normalized spacial score (nSPS) is 14.1. The number of rotatable bonds is 6. The number of allylic oxidation sites excluding steroid dienone is 3. The van der Waals surface area contributed by atoms with Crippen molar-refractivity contribution in [3.05, 3.63) is 181 Å². The Balaban J connectivity index is 0.000000996. The van der Waals surface area contributed by atoms with E-state index in [1.54, 1.807) is 0 Å². The number of fused-ring (bicyclic) bond motifs is 1. The van der Waals surface area contributed by atoms with Gasteiger partial charge in [0.05, 0.1) is 0 Å². The lowest BCUT2D eigenvalue weighted by atomic mass is 9.96. The van der Waals surface area contributed by atoms with Crippen molar-refractivity contribution in [2.45, 2.75) is 78.9 Å². The van der Waals surface area contributed by atoms with Gasteiger partial charge in [0, 0.05) is 27.2 Å². The third-order valence-electron chi connectivity index (χ3n) is 9.01. The van der Waals surface area contributed by atoms with Crippen molar-refractivity contribution >= 4 is 28.8 Å². The average Bonchev–Trinajstić information content (AvgIpc) is 3.32. The number of thioether (sulfide) groups is 1. The number of aryl methyl sites for hydroxylation is 1. The fourth-order valence-electron chi connectivity index (χ4n) is 6.31. The summed E-state index contributed by atoms with van der Waals surface area (Å²) in [4.78, 5) is 3.79. The fraction of sp³-hybridized carbons (Fsp3) is 0.216. The summed E-state index contributed by atoms with van der Waals surface area (Å²) >= 11 is 1.93. The molecule has 0 saturated carbocycles. The summed E-state index contributed by atoms with van der Waals surface area (Å²) in [6, 6.07) is 51.0. The lowest BCUT2D eigenvalue weighted by molar-refractivity contribution is 1.17. The molecule has 1 unspecified atom stereocenters. The van der Waals surface area contributed by atoms with Crippen LogP contribution >= 0.6 is 11.8 Å². The predicted molar refractivity (Wildman–Crippen MR) is 238 cm³/mol. The summed E-state index contributed by atoms with van der Waals surface area (Å²) < 4.78 is 0. The molecule has 6 aromatic carbocycles. The van der Waals surface area contributed by atoms with Gasteiger partial charge in [0.1, 0.15) is 0 Å². The highest BCUT2D eigenvalue weighted by molar-refractivity contribution is 8.00. The predicted octanol–water partition coefficient (Wildman–Crippen LogP) is 16.0. The van der Waals surface area contributed by atoms with Crippen LogP contribution < -0.4 is 4.90 Å². The Morgan fingerprint density at radius 3 is 1.68 bits per heavy atom. The van der Waals surface area contributed by atoms with Crippen LogP contribution in [0.4, 0.5) is 17.1 Å². The minimum Gasteiger partial charge on any atom is -0.310 e. The van der Waals surface area contributed by atoms with E-state index in [1.165, 1.54) is 60.7 Å². The van der Waals surface area contributed by atoms with Crippen molar-refractivity contribution in [2.75, 3.05) is 4.90 Å². The van der Waals surface area contributed by atoms with Crippen molar-refractivity contribution in [3.8, 4) is 33.4 Å². The van der Waals surface area contributed by atoms with Crippen LogP contribution in [0.5, 0.6) is 0 Å². The van der Waals surface area contributed by atoms with Crippen molar-refractivity contribution in [1.82, 2.24) is 0 Å². The highest BCUT2D eigenvalue weighted by atomic mass is 32.2. The summed E-state index contributed by atoms with van der Waals surface area (Å²) in [6.07, 6.45) is 9.81. The third-order valence-corrected chi connectivity index (χ3v) is 10.2. The highest BCUT2D eigenvalue weighted by Crippen LogP contribution is 2.42. The third kappa shape index (κ3) is 10.3. The largest absolute Gasteiger partial charge is 0.310 e. The van der Waals surface area contributed by atoms with E-state index in [4.69, 9.17) is 0 Å². The lowest BCUT2D eigenvalue weighted by Crippen LogP contribution is -2.12. The first kappa shape index (κ1) is 40.7. The standard InChI is InChI=1S/C45H39NS.3C2H6/c1-32-14-13-21-44(34(32)3)46(43-30-40(35-16-8-5-9-17-35)29-41(31-43)36-18-10-6-11-19-36)42-25-22-37(23-26-42)38-24-27-45-39(28-38)20-12-4-7-15-33(2)47-45;3*1-2/h4-19,21-31,33H,20H2,1-3H3;3*1-2H3/b12-4-,15-7-;;;. The second-order valence-electron chi connectivity index (χ2n) is 12.3. The number of hydrogen-bond donors (Lipinski definition) is 0. The SMILES string of the molecule is CC.CC.CC.Cc1cccc(N(c2ccc(-c3ccc4c(c3)C/C=C\C=C/C(C)S4)cc2)c2cc(-c3ccccc3)cc(-c3ccccc3)c2)c1C. The maximum absolute atomic E-state index is 2.42. The van der Waals surface area contributed by atoms with Gasteiger partial charge in [-0.15, -0.1) is 11.8 Å². The molecule has 0 fully saturated rings. The number of benzene rings is 6. The first-order valence-corrected chi connectivity index (χ1v) is 20.3. The number of anilines is 3. The van der Waals surface area contributed by atoms with Crippen molar-refractivity contribution in [3.63, 3.8) is 0 Å². The monoisotopic (exact) mass is 715 g/mol. The Kier molecular flexibility index (Phi) is 16.0. The summed E-state index contributed by atoms with van der Waals surface area (Å²) in [5.41, 5.74) is 14.7. The fourth-order valence-corrected chi connectivity index (χ4v) is 7.32. The molecule has 1 heterocycles. The molecule has 0 aromatic heterocycles. The average molecular weight is 716 g/mol. The van der Waals surface area contributed by atoms with E-state index >= 15 is 0 Å². The van der Waals surface area contributed by atoms with Crippen LogP contribution in [-0.4, -0.2) is 5.25 Å². The molecule has 7 rings (SSSR count).